The highest BCUT2D eigenvalue weighted by molar-refractivity contribution is 5.95. The van der Waals surface area contributed by atoms with Crippen LogP contribution in [0.2, 0.25) is 0 Å². The number of benzene rings is 1. The molecular weight excluding hydrogens is 266 g/mol. The van der Waals surface area contributed by atoms with Crippen LogP contribution in [0.4, 0.5) is 5.69 Å². The minimum absolute atomic E-state index is 0.0721. The van der Waals surface area contributed by atoms with Gasteiger partial charge in [0.05, 0.1) is 5.41 Å². The molecule has 0 aliphatic heterocycles. The lowest BCUT2D eigenvalue weighted by Gasteiger charge is -2.20. The maximum absolute atomic E-state index is 12.1. The van der Waals surface area contributed by atoms with Crippen LogP contribution in [-0.2, 0) is 20.9 Å². The first kappa shape index (κ1) is 17.2. The van der Waals surface area contributed by atoms with Gasteiger partial charge in [0.25, 0.3) is 0 Å². The Hall–Kier alpha value is -1.84. The molecule has 4 heteroatoms. The van der Waals surface area contributed by atoms with E-state index in [2.05, 4.69) is 5.32 Å². The Labute approximate surface area is 126 Å². The van der Waals surface area contributed by atoms with Gasteiger partial charge in [-0.3, -0.25) is 9.59 Å². The number of carbonyl (C=O) groups excluding carboxylic acids is 2. The fraction of sp³-hybridized carbons (Fsp3) is 0.529. The van der Waals surface area contributed by atoms with Crippen molar-refractivity contribution in [3.05, 3.63) is 29.8 Å². The fourth-order valence-corrected chi connectivity index (χ4v) is 1.44. The van der Waals surface area contributed by atoms with Crippen molar-refractivity contribution in [2.75, 3.05) is 5.32 Å². The molecule has 0 bridgehead atoms. The number of carbonyl (C=O) groups is 2. The molecule has 0 fully saturated rings. The zero-order chi connectivity index (χ0) is 16.3. The molecule has 0 aliphatic rings. The van der Waals surface area contributed by atoms with Gasteiger partial charge in [-0.1, -0.05) is 39.0 Å². The lowest BCUT2D eigenvalue weighted by molar-refractivity contribution is -0.154. The Balaban J connectivity index is 2.81. The number of anilines is 1. The molecule has 21 heavy (non-hydrogen) atoms. The molecule has 0 heterocycles. The molecule has 4 nitrogen and oxygen atoms in total. The molecule has 1 aromatic rings. The molecule has 0 aromatic heterocycles. The second kappa shape index (κ2) is 6.29. The molecule has 116 valence electrons. The first-order valence-electron chi connectivity index (χ1n) is 7.08. The third kappa shape index (κ3) is 5.21. The number of para-hydroxylation sites is 1. The topological polar surface area (TPSA) is 55.4 Å². The van der Waals surface area contributed by atoms with Gasteiger partial charge >= 0.3 is 5.97 Å². The van der Waals surface area contributed by atoms with Gasteiger partial charge in [-0.25, -0.2) is 0 Å². The van der Waals surface area contributed by atoms with Gasteiger partial charge in [0.2, 0.25) is 5.91 Å². The lowest BCUT2D eigenvalue weighted by atomic mass is 9.95. The van der Waals surface area contributed by atoms with Crippen LogP contribution in [-0.4, -0.2) is 11.9 Å². The second-order valence-electron chi connectivity index (χ2n) is 7.19. The quantitative estimate of drug-likeness (QED) is 0.863. The normalized spacial score (nSPS) is 11.9. The molecule has 1 amide bonds. The summed E-state index contributed by atoms with van der Waals surface area (Å²) < 4.78 is 5.31. The molecule has 0 spiro atoms. The Morgan fingerprint density at radius 3 is 2.10 bits per heavy atom. The maximum atomic E-state index is 12.1. The molecule has 1 rings (SSSR count). The summed E-state index contributed by atoms with van der Waals surface area (Å²) in [5.41, 5.74) is 0.450. The summed E-state index contributed by atoms with van der Waals surface area (Å²) in [6.45, 7) is 11.1. The van der Waals surface area contributed by atoms with Gasteiger partial charge in [0.1, 0.15) is 6.61 Å². The van der Waals surface area contributed by atoms with E-state index in [1.807, 2.05) is 65.8 Å². The zero-order valence-corrected chi connectivity index (χ0v) is 13.7. The number of esters is 1. The first-order chi connectivity index (χ1) is 9.51. The van der Waals surface area contributed by atoms with Crippen molar-refractivity contribution in [3.63, 3.8) is 0 Å². The summed E-state index contributed by atoms with van der Waals surface area (Å²) in [6.07, 6.45) is 0. The summed E-state index contributed by atoms with van der Waals surface area (Å²) in [4.78, 5) is 23.9. The summed E-state index contributed by atoms with van der Waals surface area (Å²) in [7, 11) is 0. The van der Waals surface area contributed by atoms with Gasteiger partial charge in [-0.15, -0.1) is 0 Å². The van der Waals surface area contributed by atoms with Crippen molar-refractivity contribution < 1.29 is 14.3 Å². The van der Waals surface area contributed by atoms with E-state index in [4.69, 9.17) is 4.74 Å². The van der Waals surface area contributed by atoms with Crippen LogP contribution in [0.5, 0.6) is 0 Å². The van der Waals surface area contributed by atoms with Crippen molar-refractivity contribution in [2.24, 2.45) is 10.8 Å². The second-order valence-corrected chi connectivity index (χ2v) is 7.19. The van der Waals surface area contributed by atoms with Crippen molar-refractivity contribution in [2.45, 2.75) is 48.1 Å². The predicted octanol–water partition coefficient (Wildman–Crippen LogP) is 3.76. The number of hydrogen-bond acceptors (Lipinski definition) is 3. The van der Waals surface area contributed by atoms with Crippen LogP contribution in [0, 0.1) is 10.8 Å². The minimum Gasteiger partial charge on any atom is -0.460 e. The Kier molecular flexibility index (Phi) is 5.15. The van der Waals surface area contributed by atoms with Crippen molar-refractivity contribution in [1.29, 1.82) is 0 Å². The molecule has 1 aromatic carbocycles. The van der Waals surface area contributed by atoms with Crippen molar-refractivity contribution in [1.82, 2.24) is 0 Å². The monoisotopic (exact) mass is 291 g/mol. The van der Waals surface area contributed by atoms with Gasteiger partial charge < -0.3 is 10.1 Å². The lowest BCUT2D eigenvalue weighted by Crippen LogP contribution is -2.28. The van der Waals surface area contributed by atoms with Crippen LogP contribution in [0.25, 0.3) is 0 Å². The Morgan fingerprint density at radius 2 is 1.57 bits per heavy atom. The highest BCUT2D eigenvalue weighted by Gasteiger charge is 2.24. The fourth-order valence-electron chi connectivity index (χ4n) is 1.44. The minimum atomic E-state index is -0.538. The summed E-state index contributed by atoms with van der Waals surface area (Å²) >= 11 is 0. The summed E-state index contributed by atoms with van der Waals surface area (Å²) in [5.74, 6) is -0.337. The third-order valence-corrected chi connectivity index (χ3v) is 2.92. The molecule has 0 aliphatic carbocycles. The van der Waals surface area contributed by atoms with E-state index in [0.29, 0.717) is 5.69 Å². The van der Waals surface area contributed by atoms with Crippen LogP contribution in [0.1, 0.15) is 47.1 Å². The average Bonchev–Trinajstić information content (AvgIpc) is 2.35. The van der Waals surface area contributed by atoms with E-state index < -0.39 is 10.8 Å². The summed E-state index contributed by atoms with van der Waals surface area (Å²) in [6, 6.07) is 7.35. The average molecular weight is 291 g/mol. The zero-order valence-electron chi connectivity index (χ0n) is 13.7. The highest BCUT2D eigenvalue weighted by Crippen LogP contribution is 2.22. The van der Waals surface area contributed by atoms with Crippen LogP contribution >= 0.6 is 0 Å². The molecule has 0 saturated carbocycles. The van der Waals surface area contributed by atoms with Crippen LogP contribution < -0.4 is 5.32 Å². The first-order valence-corrected chi connectivity index (χ1v) is 7.08. The van der Waals surface area contributed by atoms with E-state index in [0.717, 1.165) is 5.56 Å². The standard InChI is InChI=1S/C17H25NO3/c1-16(2,3)14(19)18-13-10-8-7-9-12(13)11-21-15(20)17(4,5)6/h7-10H,11H2,1-6H3,(H,18,19). The van der Waals surface area contributed by atoms with E-state index in [9.17, 15) is 9.59 Å². The SMILES string of the molecule is CC(C)(C)C(=O)Nc1ccccc1COC(=O)C(C)(C)C. The van der Waals surface area contributed by atoms with Crippen molar-refractivity contribution >= 4 is 17.6 Å². The highest BCUT2D eigenvalue weighted by atomic mass is 16.5. The molecule has 1 N–H and O–H groups in total. The third-order valence-electron chi connectivity index (χ3n) is 2.92. The van der Waals surface area contributed by atoms with Gasteiger partial charge in [-0.2, -0.15) is 0 Å². The molecule has 0 saturated heterocycles. The van der Waals surface area contributed by atoms with E-state index in [1.165, 1.54) is 0 Å². The molecule has 0 atom stereocenters. The predicted molar refractivity (Wildman–Crippen MR) is 83.8 cm³/mol. The molecular formula is C17H25NO3. The summed E-state index contributed by atoms with van der Waals surface area (Å²) in [5, 5.41) is 2.88. The van der Waals surface area contributed by atoms with Crippen LogP contribution in [0.15, 0.2) is 24.3 Å². The van der Waals surface area contributed by atoms with Crippen LogP contribution in [0.3, 0.4) is 0 Å². The van der Waals surface area contributed by atoms with E-state index >= 15 is 0 Å². The van der Waals surface area contributed by atoms with E-state index in [-0.39, 0.29) is 18.5 Å². The van der Waals surface area contributed by atoms with Gasteiger partial charge in [0, 0.05) is 16.7 Å². The maximum Gasteiger partial charge on any atom is 0.311 e. The number of nitrogens with one attached hydrogen (secondary N) is 1. The van der Waals surface area contributed by atoms with Crippen molar-refractivity contribution in [3.8, 4) is 0 Å². The van der Waals surface area contributed by atoms with E-state index in [1.54, 1.807) is 0 Å². The van der Waals surface area contributed by atoms with Gasteiger partial charge in [-0.05, 0) is 26.8 Å². The smallest absolute Gasteiger partial charge is 0.311 e. The Morgan fingerprint density at radius 1 is 1.00 bits per heavy atom. The number of amides is 1. The largest absolute Gasteiger partial charge is 0.460 e. The molecule has 0 unspecified atom stereocenters. The van der Waals surface area contributed by atoms with Gasteiger partial charge in [0.15, 0.2) is 0 Å². The molecule has 0 radical (unpaired) electrons. The number of rotatable bonds is 3. The number of ether oxygens (including phenoxy) is 1. The number of hydrogen-bond donors (Lipinski definition) is 1. The Bertz CT molecular complexity index is 522.